The topological polar surface area (TPSA) is 58.4 Å². The molecule has 1 spiro atoms. The van der Waals surface area contributed by atoms with Gasteiger partial charge in [0.15, 0.2) is 0 Å². The average molecular weight is 395 g/mol. The number of aromatic nitrogens is 2. The summed E-state index contributed by atoms with van der Waals surface area (Å²) in [5, 5.41) is 4.47. The summed E-state index contributed by atoms with van der Waals surface area (Å²) in [5.74, 6) is 0.573. The molecule has 0 N–H and O–H groups in total. The number of amides is 2. The first-order valence-corrected chi connectivity index (χ1v) is 10.6. The van der Waals surface area contributed by atoms with Gasteiger partial charge in [-0.2, -0.15) is 5.10 Å². The Morgan fingerprint density at radius 2 is 1.76 bits per heavy atom. The lowest BCUT2D eigenvalue weighted by molar-refractivity contribution is -0.138. The third-order valence-corrected chi connectivity index (χ3v) is 6.53. The maximum absolute atomic E-state index is 13.2. The van der Waals surface area contributed by atoms with E-state index in [1.54, 1.807) is 4.68 Å². The normalized spacial score (nSPS) is 18.8. The van der Waals surface area contributed by atoms with Gasteiger partial charge in [-0.25, -0.2) is 0 Å². The first-order chi connectivity index (χ1) is 13.9. The highest BCUT2D eigenvalue weighted by Gasteiger charge is 2.48. The molecule has 1 aromatic heterocycles. The highest BCUT2D eigenvalue weighted by Crippen LogP contribution is 2.42. The monoisotopic (exact) mass is 394 g/mol. The van der Waals surface area contributed by atoms with Crippen molar-refractivity contribution in [2.45, 2.75) is 45.6 Å². The van der Waals surface area contributed by atoms with E-state index in [4.69, 9.17) is 0 Å². The minimum atomic E-state index is -0.291. The zero-order chi connectivity index (χ0) is 20.6. The van der Waals surface area contributed by atoms with Crippen molar-refractivity contribution >= 4 is 11.8 Å². The number of aryl methyl sites for hydroxylation is 1. The molecule has 6 heteroatoms. The molecule has 2 aliphatic heterocycles. The predicted molar refractivity (Wildman–Crippen MR) is 111 cm³/mol. The van der Waals surface area contributed by atoms with Crippen molar-refractivity contribution in [3.8, 4) is 0 Å². The van der Waals surface area contributed by atoms with Gasteiger partial charge in [0.05, 0.1) is 11.1 Å². The van der Waals surface area contributed by atoms with E-state index in [9.17, 15) is 9.59 Å². The van der Waals surface area contributed by atoms with E-state index >= 15 is 0 Å². The van der Waals surface area contributed by atoms with Gasteiger partial charge in [0.2, 0.25) is 5.91 Å². The summed E-state index contributed by atoms with van der Waals surface area (Å²) in [6, 6.07) is 12.1. The summed E-state index contributed by atoms with van der Waals surface area (Å²) in [6.07, 6.45) is 2.39. The molecule has 2 aliphatic rings. The standard InChI is InChI=1S/C23H30N4O2/c1-17(2)19-15-20(25(3)24-19)21(28)26-12-9-23(10-13-26)11-14-27(22(23)29)16-18-7-5-4-6-8-18/h4-8,15,17H,9-14,16H2,1-3H3. The lowest BCUT2D eigenvalue weighted by Gasteiger charge is -2.38. The van der Waals surface area contributed by atoms with Gasteiger partial charge >= 0.3 is 0 Å². The van der Waals surface area contributed by atoms with E-state index in [1.807, 2.05) is 41.1 Å². The third kappa shape index (κ3) is 3.68. The molecule has 3 heterocycles. The Kier molecular flexibility index (Phi) is 5.19. The summed E-state index contributed by atoms with van der Waals surface area (Å²) in [4.78, 5) is 30.1. The van der Waals surface area contributed by atoms with Gasteiger partial charge in [-0.3, -0.25) is 14.3 Å². The van der Waals surface area contributed by atoms with Crippen LogP contribution in [0.15, 0.2) is 36.4 Å². The largest absolute Gasteiger partial charge is 0.338 e. The van der Waals surface area contributed by atoms with Crippen LogP contribution >= 0.6 is 0 Å². The van der Waals surface area contributed by atoms with Crippen LogP contribution in [0.1, 0.15) is 60.8 Å². The van der Waals surface area contributed by atoms with Crippen LogP contribution in [0.2, 0.25) is 0 Å². The van der Waals surface area contributed by atoms with Crippen molar-refractivity contribution in [1.82, 2.24) is 19.6 Å². The lowest BCUT2D eigenvalue weighted by atomic mass is 9.77. The van der Waals surface area contributed by atoms with Crippen molar-refractivity contribution in [3.63, 3.8) is 0 Å². The summed E-state index contributed by atoms with van der Waals surface area (Å²) in [7, 11) is 1.83. The highest BCUT2D eigenvalue weighted by atomic mass is 16.2. The second-order valence-electron chi connectivity index (χ2n) is 8.77. The Bertz CT molecular complexity index is 895. The molecule has 0 saturated carbocycles. The van der Waals surface area contributed by atoms with Crippen LogP contribution in [0.3, 0.4) is 0 Å². The van der Waals surface area contributed by atoms with Crippen LogP contribution in [0.5, 0.6) is 0 Å². The number of hydrogen-bond acceptors (Lipinski definition) is 3. The molecule has 0 aliphatic carbocycles. The number of benzene rings is 1. The second kappa shape index (κ2) is 7.65. The quantitative estimate of drug-likeness (QED) is 0.800. The Labute approximate surface area is 172 Å². The minimum Gasteiger partial charge on any atom is -0.338 e. The average Bonchev–Trinajstić information content (AvgIpc) is 3.25. The zero-order valence-electron chi connectivity index (χ0n) is 17.6. The lowest BCUT2D eigenvalue weighted by Crippen LogP contribution is -2.46. The Morgan fingerprint density at radius 3 is 2.38 bits per heavy atom. The van der Waals surface area contributed by atoms with Crippen molar-refractivity contribution in [2.75, 3.05) is 19.6 Å². The number of rotatable bonds is 4. The number of hydrogen-bond donors (Lipinski definition) is 0. The molecule has 154 valence electrons. The van der Waals surface area contributed by atoms with E-state index in [2.05, 4.69) is 31.1 Å². The number of carbonyl (C=O) groups excluding carboxylic acids is 2. The third-order valence-electron chi connectivity index (χ3n) is 6.53. The van der Waals surface area contributed by atoms with Gasteiger partial charge in [0, 0.05) is 33.2 Å². The summed E-state index contributed by atoms with van der Waals surface area (Å²) in [5.41, 5.74) is 2.45. The predicted octanol–water partition coefficient (Wildman–Crippen LogP) is 3.20. The smallest absolute Gasteiger partial charge is 0.272 e. The Morgan fingerprint density at radius 1 is 1.10 bits per heavy atom. The SMILES string of the molecule is CC(C)c1cc(C(=O)N2CCC3(CC2)CCN(Cc2ccccc2)C3=O)n(C)n1. The number of nitrogens with zero attached hydrogens (tertiary/aromatic N) is 4. The fourth-order valence-electron chi connectivity index (χ4n) is 4.58. The maximum atomic E-state index is 13.2. The Balaban J connectivity index is 1.40. The van der Waals surface area contributed by atoms with Crippen molar-refractivity contribution in [1.29, 1.82) is 0 Å². The molecule has 2 saturated heterocycles. The molecule has 0 bridgehead atoms. The molecule has 0 radical (unpaired) electrons. The first-order valence-electron chi connectivity index (χ1n) is 10.6. The number of carbonyl (C=O) groups is 2. The fraction of sp³-hybridized carbons (Fsp3) is 0.522. The van der Waals surface area contributed by atoms with Crippen LogP contribution in [0, 0.1) is 5.41 Å². The van der Waals surface area contributed by atoms with Crippen LogP contribution in [0.4, 0.5) is 0 Å². The maximum Gasteiger partial charge on any atom is 0.272 e. The molecule has 2 fully saturated rings. The molecular formula is C23H30N4O2. The minimum absolute atomic E-state index is 0.0216. The van der Waals surface area contributed by atoms with E-state index in [0.29, 0.717) is 31.2 Å². The van der Waals surface area contributed by atoms with Gasteiger partial charge < -0.3 is 9.80 Å². The van der Waals surface area contributed by atoms with Crippen LogP contribution in [-0.4, -0.2) is 51.0 Å². The van der Waals surface area contributed by atoms with Gasteiger partial charge in [0.25, 0.3) is 5.91 Å². The van der Waals surface area contributed by atoms with E-state index in [1.165, 1.54) is 5.56 Å². The molecule has 2 aromatic rings. The van der Waals surface area contributed by atoms with Crippen LogP contribution in [0.25, 0.3) is 0 Å². The summed E-state index contributed by atoms with van der Waals surface area (Å²) < 4.78 is 1.68. The zero-order valence-corrected chi connectivity index (χ0v) is 17.6. The van der Waals surface area contributed by atoms with Crippen molar-refractivity contribution < 1.29 is 9.59 Å². The van der Waals surface area contributed by atoms with Gasteiger partial charge in [-0.1, -0.05) is 44.2 Å². The number of piperidine rings is 1. The molecule has 0 atom stereocenters. The van der Waals surface area contributed by atoms with E-state index in [0.717, 1.165) is 31.5 Å². The van der Waals surface area contributed by atoms with Gasteiger partial charge in [-0.05, 0) is 36.8 Å². The van der Waals surface area contributed by atoms with E-state index < -0.39 is 0 Å². The molecule has 1 aromatic carbocycles. The molecule has 4 rings (SSSR count). The van der Waals surface area contributed by atoms with Crippen molar-refractivity contribution in [2.24, 2.45) is 12.5 Å². The van der Waals surface area contributed by atoms with Gasteiger partial charge in [-0.15, -0.1) is 0 Å². The van der Waals surface area contributed by atoms with Gasteiger partial charge in [0.1, 0.15) is 5.69 Å². The van der Waals surface area contributed by atoms with Crippen LogP contribution in [-0.2, 0) is 18.4 Å². The fourth-order valence-corrected chi connectivity index (χ4v) is 4.58. The molecular weight excluding hydrogens is 364 g/mol. The molecule has 29 heavy (non-hydrogen) atoms. The van der Waals surface area contributed by atoms with E-state index in [-0.39, 0.29) is 17.2 Å². The van der Waals surface area contributed by atoms with Crippen molar-refractivity contribution in [3.05, 3.63) is 53.3 Å². The number of likely N-dealkylation sites (tertiary alicyclic amines) is 2. The highest BCUT2D eigenvalue weighted by molar-refractivity contribution is 5.93. The summed E-state index contributed by atoms with van der Waals surface area (Å²) in [6.45, 7) is 6.90. The first kappa shape index (κ1) is 19.7. The molecule has 0 unspecified atom stereocenters. The molecule has 6 nitrogen and oxygen atoms in total. The Hall–Kier alpha value is -2.63. The van der Waals surface area contributed by atoms with Crippen LogP contribution < -0.4 is 0 Å². The summed E-state index contributed by atoms with van der Waals surface area (Å²) >= 11 is 0. The molecule has 2 amide bonds. The second-order valence-corrected chi connectivity index (χ2v) is 8.77.